The summed E-state index contributed by atoms with van der Waals surface area (Å²) >= 11 is 0. The lowest BCUT2D eigenvalue weighted by Gasteiger charge is -2.33. The molecule has 1 aromatic carbocycles. The highest BCUT2D eigenvalue weighted by Crippen LogP contribution is 2.23. The maximum atomic E-state index is 12.2. The van der Waals surface area contributed by atoms with Crippen molar-refractivity contribution in [3.05, 3.63) is 24.3 Å². The Hall–Kier alpha value is -2.38. The fourth-order valence-corrected chi connectivity index (χ4v) is 2.84. The van der Waals surface area contributed by atoms with Crippen LogP contribution in [0.1, 0.15) is 40.0 Å². The lowest BCUT2D eigenvalue weighted by atomic mass is 9.93. The van der Waals surface area contributed by atoms with Crippen molar-refractivity contribution in [2.24, 2.45) is 5.92 Å². The molecule has 0 spiro atoms. The molecule has 1 N–H and O–H groups in total. The Morgan fingerprint density at radius 1 is 1.19 bits per heavy atom. The number of ether oxygens (including phenoxy) is 2. The third-order valence-corrected chi connectivity index (χ3v) is 4.10. The average molecular weight is 384 g/mol. The SMILES string of the molecule is CC(C)(C)OC(=O)N1CCC(CC(=O)Nc2ccc(OC(F)F)cc2)CC1. The Bertz CT molecular complexity index is 636. The number of halogens is 2. The Morgan fingerprint density at radius 2 is 1.78 bits per heavy atom. The van der Waals surface area contributed by atoms with Crippen molar-refractivity contribution in [2.45, 2.75) is 52.2 Å². The molecule has 1 fully saturated rings. The maximum Gasteiger partial charge on any atom is 0.410 e. The molecule has 8 heteroatoms. The van der Waals surface area contributed by atoms with Gasteiger partial charge >= 0.3 is 12.7 Å². The van der Waals surface area contributed by atoms with Crippen LogP contribution >= 0.6 is 0 Å². The van der Waals surface area contributed by atoms with E-state index in [1.54, 1.807) is 4.90 Å². The largest absolute Gasteiger partial charge is 0.444 e. The summed E-state index contributed by atoms with van der Waals surface area (Å²) in [5.74, 6) is 0.0795. The first-order chi connectivity index (χ1) is 12.6. The number of anilines is 1. The van der Waals surface area contributed by atoms with Gasteiger partial charge in [0, 0.05) is 25.2 Å². The molecule has 0 bridgehead atoms. The number of likely N-dealkylation sites (tertiary alicyclic amines) is 1. The highest BCUT2D eigenvalue weighted by atomic mass is 19.3. The third kappa shape index (κ3) is 7.40. The van der Waals surface area contributed by atoms with Crippen molar-refractivity contribution >= 4 is 17.7 Å². The van der Waals surface area contributed by atoms with E-state index in [1.807, 2.05) is 20.8 Å². The van der Waals surface area contributed by atoms with Crippen molar-refractivity contribution < 1.29 is 27.8 Å². The highest BCUT2D eigenvalue weighted by Gasteiger charge is 2.27. The van der Waals surface area contributed by atoms with Gasteiger partial charge in [-0.2, -0.15) is 8.78 Å². The van der Waals surface area contributed by atoms with Crippen molar-refractivity contribution in [1.29, 1.82) is 0 Å². The molecule has 1 aliphatic heterocycles. The molecule has 1 saturated heterocycles. The van der Waals surface area contributed by atoms with Gasteiger partial charge in [-0.15, -0.1) is 0 Å². The molecule has 0 aromatic heterocycles. The van der Waals surface area contributed by atoms with E-state index in [9.17, 15) is 18.4 Å². The number of carbonyl (C=O) groups is 2. The number of hydrogen-bond donors (Lipinski definition) is 1. The van der Waals surface area contributed by atoms with Gasteiger partial charge in [0.15, 0.2) is 0 Å². The summed E-state index contributed by atoms with van der Waals surface area (Å²) in [4.78, 5) is 25.9. The molecule has 27 heavy (non-hydrogen) atoms. The lowest BCUT2D eigenvalue weighted by molar-refractivity contribution is -0.117. The van der Waals surface area contributed by atoms with Gasteiger partial charge < -0.3 is 19.7 Å². The van der Waals surface area contributed by atoms with Gasteiger partial charge in [-0.05, 0) is 63.8 Å². The summed E-state index contributed by atoms with van der Waals surface area (Å²) in [5, 5.41) is 2.75. The fourth-order valence-electron chi connectivity index (χ4n) is 2.84. The number of alkyl halides is 2. The van der Waals surface area contributed by atoms with Gasteiger partial charge in [-0.1, -0.05) is 0 Å². The lowest BCUT2D eigenvalue weighted by Crippen LogP contribution is -2.42. The van der Waals surface area contributed by atoms with Gasteiger partial charge in [0.05, 0.1) is 0 Å². The molecular formula is C19H26F2N2O4. The van der Waals surface area contributed by atoms with Crippen LogP contribution in [0, 0.1) is 5.92 Å². The minimum absolute atomic E-state index is 0.0394. The molecule has 0 unspecified atom stereocenters. The highest BCUT2D eigenvalue weighted by molar-refractivity contribution is 5.90. The summed E-state index contributed by atoms with van der Waals surface area (Å²) in [6.45, 7) is 3.73. The number of carbonyl (C=O) groups excluding carboxylic acids is 2. The van der Waals surface area contributed by atoms with Gasteiger partial charge in [0.1, 0.15) is 11.4 Å². The first kappa shape index (κ1) is 20.9. The molecule has 2 amide bonds. The Kier molecular flexibility index (Phi) is 6.98. The van der Waals surface area contributed by atoms with E-state index in [4.69, 9.17) is 4.74 Å². The number of hydrogen-bond acceptors (Lipinski definition) is 4. The van der Waals surface area contributed by atoms with E-state index in [1.165, 1.54) is 24.3 Å². The summed E-state index contributed by atoms with van der Waals surface area (Å²) in [6, 6.07) is 5.78. The molecule has 2 rings (SSSR count). The van der Waals surface area contributed by atoms with Crippen molar-refractivity contribution in [3.8, 4) is 5.75 Å². The average Bonchev–Trinajstić information content (AvgIpc) is 2.55. The molecule has 0 aliphatic carbocycles. The molecule has 150 valence electrons. The van der Waals surface area contributed by atoms with E-state index in [0.717, 1.165) is 12.8 Å². The number of nitrogens with one attached hydrogen (secondary N) is 1. The van der Waals surface area contributed by atoms with Gasteiger partial charge in [0.25, 0.3) is 0 Å². The van der Waals surface area contributed by atoms with Crippen molar-refractivity contribution in [2.75, 3.05) is 18.4 Å². The zero-order chi connectivity index (χ0) is 20.0. The van der Waals surface area contributed by atoms with Gasteiger partial charge in [-0.25, -0.2) is 4.79 Å². The summed E-state index contributed by atoms with van der Waals surface area (Å²) in [7, 11) is 0. The normalized spacial score (nSPS) is 15.6. The smallest absolute Gasteiger partial charge is 0.410 e. The Labute approximate surface area is 157 Å². The molecule has 0 atom stereocenters. The monoisotopic (exact) mass is 384 g/mol. The van der Waals surface area contributed by atoms with Crippen LogP contribution in [0.2, 0.25) is 0 Å². The van der Waals surface area contributed by atoms with Crippen LogP contribution in [-0.2, 0) is 9.53 Å². The molecule has 1 aromatic rings. The first-order valence-corrected chi connectivity index (χ1v) is 8.95. The topological polar surface area (TPSA) is 67.9 Å². The number of rotatable bonds is 5. The number of piperidine rings is 1. The second-order valence-electron chi connectivity index (χ2n) is 7.57. The molecular weight excluding hydrogens is 358 g/mol. The molecule has 1 heterocycles. The van der Waals surface area contributed by atoms with Crippen molar-refractivity contribution in [1.82, 2.24) is 4.90 Å². The van der Waals surface area contributed by atoms with Crippen molar-refractivity contribution in [3.63, 3.8) is 0 Å². The number of nitrogens with zero attached hydrogens (tertiary/aromatic N) is 1. The minimum Gasteiger partial charge on any atom is -0.444 e. The van der Waals surface area contributed by atoms with Crippen LogP contribution in [0.4, 0.5) is 19.3 Å². The van der Waals surface area contributed by atoms with Crippen LogP contribution in [0.25, 0.3) is 0 Å². The minimum atomic E-state index is -2.88. The summed E-state index contributed by atoms with van der Waals surface area (Å²) in [5.41, 5.74) is -0.00297. The molecule has 0 radical (unpaired) electrons. The number of benzene rings is 1. The predicted octanol–water partition coefficient (Wildman–Crippen LogP) is 4.26. The second-order valence-corrected chi connectivity index (χ2v) is 7.57. The second kappa shape index (κ2) is 9.01. The van der Waals surface area contributed by atoms with E-state index in [2.05, 4.69) is 10.1 Å². The first-order valence-electron chi connectivity index (χ1n) is 8.95. The van der Waals surface area contributed by atoms with Crippen LogP contribution in [0.3, 0.4) is 0 Å². The summed E-state index contributed by atoms with van der Waals surface area (Å²) in [6.07, 6.45) is 1.48. The summed E-state index contributed by atoms with van der Waals surface area (Å²) < 4.78 is 33.9. The fraction of sp³-hybridized carbons (Fsp3) is 0.579. The zero-order valence-electron chi connectivity index (χ0n) is 15.8. The van der Waals surface area contributed by atoms with E-state index in [-0.39, 0.29) is 23.7 Å². The molecule has 6 nitrogen and oxygen atoms in total. The Balaban J connectivity index is 1.75. The van der Waals surface area contributed by atoms with E-state index in [0.29, 0.717) is 25.2 Å². The van der Waals surface area contributed by atoms with Crippen LogP contribution in [0.5, 0.6) is 5.75 Å². The van der Waals surface area contributed by atoms with Crippen LogP contribution in [-0.4, -0.2) is 42.2 Å². The van der Waals surface area contributed by atoms with Gasteiger partial charge in [-0.3, -0.25) is 4.79 Å². The van der Waals surface area contributed by atoms with Gasteiger partial charge in [0.2, 0.25) is 5.91 Å². The molecule has 1 aliphatic rings. The van der Waals surface area contributed by atoms with Crippen LogP contribution in [0.15, 0.2) is 24.3 Å². The predicted molar refractivity (Wildman–Crippen MR) is 96.9 cm³/mol. The van der Waals surface area contributed by atoms with Crippen LogP contribution < -0.4 is 10.1 Å². The number of amides is 2. The third-order valence-electron chi connectivity index (χ3n) is 4.10. The maximum absolute atomic E-state index is 12.2. The molecule has 0 saturated carbocycles. The van der Waals surface area contributed by atoms with E-state index >= 15 is 0 Å². The quantitative estimate of drug-likeness (QED) is 0.824. The Morgan fingerprint density at radius 3 is 2.30 bits per heavy atom. The standard InChI is InChI=1S/C19H26F2N2O4/c1-19(2,3)27-18(25)23-10-8-13(9-11-23)12-16(24)22-14-4-6-15(7-5-14)26-17(20)21/h4-7,13,17H,8-12H2,1-3H3,(H,22,24). The zero-order valence-corrected chi connectivity index (χ0v) is 15.8. The van der Waals surface area contributed by atoms with E-state index < -0.39 is 12.2 Å².